The van der Waals surface area contributed by atoms with Gasteiger partial charge in [-0.05, 0) is 24.3 Å². The standard InChI is InChI=1S/C13H10BF3O3/c15-9-1-4-12(16)8(5-9)7-20-10-2-3-11(14(18)19)13(17)6-10/h1-6,18-19H,7H2. The van der Waals surface area contributed by atoms with E-state index in [0.717, 1.165) is 30.3 Å². The van der Waals surface area contributed by atoms with Crippen LogP contribution < -0.4 is 10.2 Å². The fourth-order valence-electron chi connectivity index (χ4n) is 1.62. The van der Waals surface area contributed by atoms with Crippen LogP contribution in [0.2, 0.25) is 0 Å². The summed E-state index contributed by atoms with van der Waals surface area (Å²) in [5.74, 6) is -2.03. The Morgan fingerprint density at radius 2 is 1.70 bits per heavy atom. The monoisotopic (exact) mass is 282 g/mol. The predicted octanol–water partition coefficient (Wildman–Crippen LogP) is 1.36. The molecular formula is C13H10BF3O3. The van der Waals surface area contributed by atoms with Crippen molar-refractivity contribution in [2.75, 3.05) is 0 Å². The van der Waals surface area contributed by atoms with Crippen LogP contribution in [0.3, 0.4) is 0 Å². The highest BCUT2D eigenvalue weighted by molar-refractivity contribution is 6.58. The molecule has 2 aromatic rings. The molecule has 3 nitrogen and oxygen atoms in total. The summed E-state index contributed by atoms with van der Waals surface area (Å²) in [6.07, 6.45) is 0. The number of hydrogen-bond donors (Lipinski definition) is 2. The summed E-state index contributed by atoms with van der Waals surface area (Å²) in [4.78, 5) is 0. The molecule has 0 fully saturated rings. The first-order chi connectivity index (χ1) is 9.47. The van der Waals surface area contributed by atoms with Crippen LogP contribution in [0.15, 0.2) is 36.4 Å². The smallest absolute Gasteiger partial charge is 0.489 e. The molecule has 0 spiro atoms. The lowest BCUT2D eigenvalue weighted by Crippen LogP contribution is -2.32. The van der Waals surface area contributed by atoms with Crippen molar-refractivity contribution in [1.29, 1.82) is 0 Å². The summed E-state index contributed by atoms with van der Waals surface area (Å²) in [5.41, 5.74) is -0.300. The third-order valence-electron chi connectivity index (χ3n) is 2.65. The van der Waals surface area contributed by atoms with E-state index in [4.69, 9.17) is 14.8 Å². The van der Waals surface area contributed by atoms with Crippen molar-refractivity contribution in [2.24, 2.45) is 0 Å². The van der Waals surface area contributed by atoms with Gasteiger partial charge in [0.05, 0.1) is 0 Å². The molecule has 2 N–H and O–H groups in total. The summed E-state index contributed by atoms with van der Waals surface area (Å²) in [5, 5.41) is 17.7. The Hall–Kier alpha value is -1.99. The molecule has 0 aliphatic carbocycles. The topological polar surface area (TPSA) is 49.7 Å². The van der Waals surface area contributed by atoms with Crippen LogP contribution in [0.5, 0.6) is 5.75 Å². The molecule has 20 heavy (non-hydrogen) atoms. The van der Waals surface area contributed by atoms with Crippen molar-refractivity contribution in [3.63, 3.8) is 0 Å². The molecule has 2 aromatic carbocycles. The zero-order valence-electron chi connectivity index (χ0n) is 10.2. The third kappa shape index (κ3) is 3.31. The molecule has 0 atom stereocenters. The van der Waals surface area contributed by atoms with Crippen molar-refractivity contribution >= 4 is 12.6 Å². The Labute approximate surface area is 113 Å². The summed E-state index contributed by atoms with van der Waals surface area (Å²) >= 11 is 0. The van der Waals surface area contributed by atoms with Gasteiger partial charge < -0.3 is 14.8 Å². The van der Waals surface area contributed by atoms with Gasteiger partial charge in [-0.15, -0.1) is 0 Å². The first-order valence-corrected chi connectivity index (χ1v) is 5.69. The van der Waals surface area contributed by atoms with Gasteiger partial charge in [0.1, 0.15) is 29.8 Å². The highest BCUT2D eigenvalue weighted by Gasteiger charge is 2.16. The van der Waals surface area contributed by atoms with Gasteiger partial charge in [0.25, 0.3) is 0 Å². The van der Waals surface area contributed by atoms with Crippen LogP contribution in [0.4, 0.5) is 13.2 Å². The molecule has 0 unspecified atom stereocenters. The largest absolute Gasteiger partial charge is 0.491 e. The van der Waals surface area contributed by atoms with E-state index in [1.807, 2.05) is 0 Å². The Balaban J connectivity index is 2.11. The predicted molar refractivity (Wildman–Crippen MR) is 66.9 cm³/mol. The van der Waals surface area contributed by atoms with Gasteiger partial charge in [-0.3, -0.25) is 0 Å². The lowest BCUT2D eigenvalue weighted by molar-refractivity contribution is 0.297. The van der Waals surface area contributed by atoms with Gasteiger partial charge in [-0.2, -0.15) is 0 Å². The zero-order chi connectivity index (χ0) is 14.7. The lowest BCUT2D eigenvalue weighted by Gasteiger charge is -2.09. The quantitative estimate of drug-likeness (QED) is 0.832. The van der Waals surface area contributed by atoms with E-state index in [1.165, 1.54) is 6.07 Å². The normalized spacial score (nSPS) is 10.4. The van der Waals surface area contributed by atoms with Crippen LogP contribution >= 0.6 is 0 Å². The minimum atomic E-state index is -1.93. The third-order valence-corrected chi connectivity index (χ3v) is 2.65. The van der Waals surface area contributed by atoms with Crippen molar-refractivity contribution in [3.8, 4) is 5.75 Å². The van der Waals surface area contributed by atoms with Crippen LogP contribution in [0, 0.1) is 17.5 Å². The van der Waals surface area contributed by atoms with E-state index in [1.54, 1.807) is 0 Å². The minimum Gasteiger partial charge on any atom is -0.489 e. The molecule has 0 radical (unpaired) electrons. The van der Waals surface area contributed by atoms with Crippen LogP contribution in [0.1, 0.15) is 5.56 Å². The minimum absolute atomic E-state index is 0.00308. The van der Waals surface area contributed by atoms with Crippen LogP contribution in [-0.2, 0) is 6.61 Å². The summed E-state index contributed by atoms with van der Waals surface area (Å²) in [6.45, 7) is -0.274. The van der Waals surface area contributed by atoms with E-state index < -0.39 is 24.6 Å². The molecule has 0 aliphatic rings. The van der Waals surface area contributed by atoms with Gasteiger partial charge in [0.2, 0.25) is 0 Å². The van der Waals surface area contributed by atoms with E-state index >= 15 is 0 Å². The molecular weight excluding hydrogens is 272 g/mol. The number of ether oxygens (including phenoxy) is 1. The van der Waals surface area contributed by atoms with E-state index in [0.29, 0.717) is 0 Å². The van der Waals surface area contributed by atoms with Gasteiger partial charge in [-0.1, -0.05) is 6.07 Å². The van der Waals surface area contributed by atoms with Gasteiger partial charge in [0, 0.05) is 17.1 Å². The van der Waals surface area contributed by atoms with Gasteiger partial charge >= 0.3 is 7.12 Å². The molecule has 0 saturated carbocycles. The number of halogens is 3. The van der Waals surface area contributed by atoms with Crippen molar-refractivity contribution < 1.29 is 28.0 Å². The first kappa shape index (κ1) is 14.4. The van der Waals surface area contributed by atoms with Gasteiger partial charge in [-0.25, -0.2) is 13.2 Å². The van der Waals surface area contributed by atoms with Crippen LogP contribution in [0.25, 0.3) is 0 Å². The molecule has 0 heterocycles. The van der Waals surface area contributed by atoms with Crippen molar-refractivity contribution in [3.05, 3.63) is 59.4 Å². The Morgan fingerprint density at radius 1 is 0.950 bits per heavy atom. The molecule has 104 valence electrons. The molecule has 0 amide bonds. The second-order valence-corrected chi connectivity index (χ2v) is 4.08. The SMILES string of the molecule is OB(O)c1ccc(OCc2cc(F)ccc2F)cc1F. The second kappa shape index (κ2) is 5.98. The zero-order valence-corrected chi connectivity index (χ0v) is 10.2. The number of hydrogen-bond acceptors (Lipinski definition) is 3. The molecule has 0 bridgehead atoms. The van der Waals surface area contributed by atoms with Crippen molar-refractivity contribution in [1.82, 2.24) is 0 Å². The fraction of sp³-hybridized carbons (Fsp3) is 0.0769. The fourth-order valence-corrected chi connectivity index (χ4v) is 1.62. The summed E-state index contributed by atoms with van der Waals surface area (Å²) in [6, 6.07) is 6.31. The lowest BCUT2D eigenvalue weighted by atomic mass is 9.80. The Bertz CT molecular complexity index is 620. The maximum Gasteiger partial charge on any atom is 0.491 e. The first-order valence-electron chi connectivity index (χ1n) is 5.69. The summed E-state index contributed by atoms with van der Waals surface area (Å²) in [7, 11) is -1.93. The Kier molecular flexibility index (Phi) is 4.31. The van der Waals surface area contributed by atoms with Crippen LogP contribution in [-0.4, -0.2) is 17.2 Å². The average Bonchev–Trinajstić information content (AvgIpc) is 2.39. The highest BCUT2D eigenvalue weighted by atomic mass is 19.1. The maximum atomic E-state index is 13.4. The summed E-state index contributed by atoms with van der Waals surface area (Å²) < 4.78 is 44.8. The average molecular weight is 282 g/mol. The molecule has 0 saturated heterocycles. The molecule has 7 heteroatoms. The highest BCUT2D eigenvalue weighted by Crippen LogP contribution is 2.16. The molecule has 0 aliphatic heterocycles. The maximum absolute atomic E-state index is 13.4. The number of rotatable bonds is 4. The van der Waals surface area contributed by atoms with Gasteiger partial charge in [0.15, 0.2) is 0 Å². The second-order valence-electron chi connectivity index (χ2n) is 4.08. The molecule has 2 rings (SSSR count). The number of benzene rings is 2. The van der Waals surface area contributed by atoms with E-state index in [-0.39, 0.29) is 23.4 Å². The van der Waals surface area contributed by atoms with E-state index in [9.17, 15) is 13.2 Å². The Morgan fingerprint density at radius 3 is 2.35 bits per heavy atom. The molecule has 0 aromatic heterocycles. The van der Waals surface area contributed by atoms with Crippen molar-refractivity contribution in [2.45, 2.75) is 6.61 Å². The van der Waals surface area contributed by atoms with E-state index in [2.05, 4.69) is 0 Å².